The second kappa shape index (κ2) is 10.4. The summed E-state index contributed by atoms with van der Waals surface area (Å²) in [6.45, 7) is 7.90. The first-order valence-corrected chi connectivity index (χ1v) is 10.6. The molecule has 0 saturated carbocycles. The van der Waals surface area contributed by atoms with Crippen molar-refractivity contribution in [2.24, 2.45) is 5.41 Å². The van der Waals surface area contributed by atoms with Gasteiger partial charge in [0.15, 0.2) is 0 Å². The van der Waals surface area contributed by atoms with E-state index in [4.69, 9.17) is 9.47 Å². The van der Waals surface area contributed by atoms with E-state index in [9.17, 15) is 9.59 Å². The lowest BCUT2D eigenvalue weighted by atomic mass is 9.92. The lowest BCUT2D eigenvalue weighted by molar-refractivity contribution is -0.118. The number of thioether (sulfide) groups is 1. The van der Waals surface area contributed by atoms with E-state index >= 15 is 0 Å². The first-order chi connectivity index (χ1) is 14.1. The Bertz CT molecular complexity index is 893. The summed E-state index contributed by atoms with van der Waals surface area (Å²) in [5, 5.41) is 5.46. The number of methoxy groups -OCH3 is 2. The van der Waals surface area contributed by atoms with Gasteiger partial charge in [0, 0.05) is 23.1 Å². The molecule has 0 aliphatic rings. The Morgan fingerprint density at radius 2 is 1.77 bits per heavy atom. The van der Waals surface area contributed by atoms with Gasteiger partial charge in [-0.25, -0.2) is 0 Å². The molecule has 162 valence electrons. The summed E-state index contributed by atoms with van der Waals surface area (Å²) in [5.41, 5.74) is 1.19. The number of carbonyl (C=O) groups is 2. The highest BCUT2D eigenvalue weighted by molar-refractivity contribution is 8.00. The maximum absolute atomic E-state index is 12.7. The van der Waals surface area contributed by atoms with E-state index in [0.29, 0.717) is 23.6 Å². The van der Waals surface area contributed by atoms with Crippen LogP contribution < -0.4 is 20.1 Å². The molecule has 0 bridgehead atoms. The fourth-order valence-electron chi connectivity index (χ4n) is 2.74. The van der Waals surface area contributed by atoms with Crippen molar-refractivity contribution in [2.45, 2.75) is 44.3 Å². The molecule has 0 heterocycles. The minimum Gasteiger partial charge on any atom is -0.497 e. The first-order valence-electron chi connectivity index (χ1n) is 9.71. The second-order valence-corrected chi connectivity index (χ2v) is 9.54. The number of hydrogen-bond acceptors (Lipinski definition) is 5. The molecule has 7 heteroatoms. The van der Waals surface area contributed by atoms with Crippen molar-refractivity contribution >= 4 is 35.0 Å². The van der Waals surface area contributed by atoms with Gasteiger partial charge in [-0.2, -0.15) is 0 Å². The molecule has 2 aromatic rings. The van der Waals surface area contributed by atoms with Crippen LogP contribution in [0.15, 0.2) is 47.4 Å². The highest BCUT2D eigenvalue weighted by Gasteiger charge is 2.18. The van der Waals surface area contributed by atoms with E-state index in [-0.39, 0.29) is 22.5 Å². The van der Waals surface area contributed by atoms with Crippen molar-refractivity contribution in [1.29, 1.82) is 0 Å². The zero-order chi connectivity index (χ0) is 22.3. The summed E-state index contributed by atoms with van der Waals surface area (Å²) in [5.74, 6) is 1.00. The minimum absolute atomic E-state index is 0.0273. The number of anilines is 2. The van der Waals surface area contributed by atoms with Crippen molar-refractivity contribution in [3.8, 4) is 11.5 Å². The predicted octanol–water partition coefficient (Wildman–Crippen LogP) is 5.20. The van der Waals surface area contributed by atoms with E-state index in [1.807, 2.05) is 52.0 Å². The Morgan fingerprint density at radius 1 is 1.03 bits per heavy atom. The summed E-state index contributed by atoms with van der Waals surface area (Å²) in [6, 6.07) is 12.7. The minimum atomic E-state index is -0.360. The molecule has 1 unspecified atom stereocenters. The molecule has 0 spiro atoms. The van der Waals surface area contributed by atoms with Gasteiger partial charge < -0.3 is 20.1 Å². The topological polar surface area (TPSA) is 76.7 Å². The summed E-state index contributed by atoms with van der Waals surface area (Å²) in [4.78, 5) is 25.8. The summed E-state index contributed by atoms with van der Waals surface area (Å²) < 4.78 is 10.5. The van der Waals surface area contributed by atoms with Gasteiger partial charge in [0.1, 0.15) is 11.5 Å². The molecule has 0 aliphatic carbocycles. The van der Waals surface area contributed by atoms with Gasteiger partial charge in [0.2, 0.25) is 11.8 Å². The number of hydrogen-bond donors (Lipinski definition) is 2. The lowest BCUT2D eigenvalue weighted by Gasteiger charge is -2.18. The number of rotatable bonds is 8. The standard InChI is InChI=1S/C23H30N2O4S/c1-15(22(27)25-19-13-17(28-5)10-11-20(19)29-6)30-18-9-7-8-16(12-18)24-21(26)14-23(2,3)4/h7-13,15H,14H2,1-6H3,(H,24,26)(H,25,27). The van der Waals surface area contributed by atoms with Crippen LogP contribution in [0.3, 0.4) is 0 Å². The van der Waals surface area contributed by atoms with Crippen molar-refractivity contribution in [3.63, 3.8) is 0 Å². The van der Waals surface area contributed by atoms with E-state index in [1.165, 1.54) is 11.8 Å². The van der Waals surface area contributed by atoms with Crippen LogP contribution in [0.25, 0.3) is 0 Å². The van der Waals surface area contributed by atoms with Crippen LogP contribution in [0.2, 0.25) is 0 Å². The molecule has 6 nitrogen and oxygen atoms in total. The van der Waals surface area contributed by atoms with Crippen LogP contribution in [-0.4, -0.2) is 31.3 Å². The van der Waals surface area contributed by atoms with E-state index in [2.05, 4.69) is 10.6 Å². The fraction of sp³-hybridized carbons (Fsp3) is 0.391. The maximum atomic E-state index is 12.7. The zero-order valence-electron chi connectivity index (χ0n) is 18.4. The van der Waals surface area contributed by atoms with E-state index < -0.39 is 0 Å². The molecule has 2 aromatic carbocycles. The molecule has 30 heavy (non-hydrogen) atoms. The van der Waals surface area contributed by atoms with Gasteiger partial charge in [-0.1, -0.05) is 26.8 Å². The molecule has 0 fully saturated rings. The van der Waals surface area contributed by atoms with E-state index in [1.54, 1.807) is 32.4 Å². The third kappa shape index (κ3) is 7.30. The molecule has 0 aromatic heterocycles. The summed E-state index contributed by atoms with van der Waals surface area (Å²) in [7, 11) is 3.12. The van der Waals surface area contributed by atoms with Crippen LogP contribution in [0.4, 0.5) is 11.4 Å². The first kappa shape index (κ1) is 23.6. The van der Waals surface area contributed by atoms with Crippen LogP contribution in [-0.2, 0) is 9.59 Å². The highest BCUT2D eigenvalue weighted by atomic mass is 32.2. The van der Waals surface area contributed by atoms with Gasteiger partial charge in [0.05, 0.1) is 25.2 Å². The van der Waals surface area contributed by atoms with Crippen molar-refractivity contribution in [3.05, 3.63) is 42.5 Å². The predicted molar refractivity (Wildman–Crippen MR) is 123 cm³/mol. The second-order valence-electron chi connectivity index (χ2n) is 8.13. The highest BCUT2D eigenvalue weighted by Crippen LogP contribution is 2.31. The Balaban J connectivity index is 2.03. The van der Waals surface area contributed by atoms with Gasteiger partial charge in [-0.15, -0.1) is 11.8 Å². The number of ether oxygens (including phenoxy) is 2. The van der Waals surface area contributed by atoms with Crippen molar-refractivity contribution in [1.82, 2.24) is 0 Å². The SMILES string of the molecule is COc1ccc(OC)c(NC(=O)C(C)Sc2cccc(NC(=O)CC(C)(C)C)c2)c1. The average Bonchev–Trinajstić information content (AvgIpc) is 2.66. The zero-order valence-corrected chi connectivity index (χ0v) is 19.2. The van der Waals surface area contributed by atoms with Gasteiger partial charge in [-0.3, -0.25) is 9.59 Å². The monoisotopic (exact) mass is 430 g/mol. The number of carbonyl (C=O) groups excluding carboxylic acids is 2. The number of benzene rings is 2. The molecule has 2 rings (SSSR count). The fourth-order valence-corrected chi connectivity index (χ4v) is 3.66. The largest absolute Gasteiger partial charge is 0.497 e. The Labute approximate surface area is 182 Å². The van der Waals surface area contributed by atoms with Crippen LogP contribution in [0, 0.1) is 5.41 Å². The van der Waals surface area contributed by atoms with Crippen LogP contribution in [0.1, 0.15) is 34.1 Å². The molecular weight excluding hydrogens is 400 g/mol. The Kier molecular flexibility index (Phi) is 8.17. The van der Waals surface area contributed by atoms with Gasteiger partial charge in [-0.05, 0) is 42.7 Å². The Hall–Kier alpha value is -2.67. The average molecular weight is 431 g/mol. The van der Waals surface area contributed by atoms with Gasteiger partial charge >= 0.3 is 0 Å². The normalized spacial score (nSPS) is 12.1. The number of nitrogens with one attached hydrogen (secondary N) is 2. The Morgan fingerprint density at radius 3 is 2.40 bits per heavy atom. The molecule has 0 aliphatic heterocycles. The molecular formula is C23H30N2O4S. The quantitative estimate of drug-likeness (QED) is 0.563. The molecule has 0 radical (unpaired) electrons. The smallest absolute Gasteiger partial charge is 0.237 e. The lowest BCUT2D eigenvalue weighted by Crippen LogP contribution is -2.22. The van der Waals surface area contributed by atoms with Crippen LogP contribution >= 0.6 is 11.8 Å². The third-order valence-electron chi connectivity index (χ3n) is 4.16. The van der Waals surface area contributed by atoms with Crippen molar-refractivity contribution < 1.29 is 19.1 Å². The van der Waals surface area contributed by atoms with Gasteiger partial charge in [0.25, 0.3) is 0 Å². The maximum Gasteiger partial charge on any atom is 0.237 e. The summed E-state index contributed by atoms with van der Waals surface area (Å²) >= 11 is 1.41. The molecule has 0 saturated heterocycles. The van der Waals surface area contributed by atoms with Crippen molar-refractivity contribution in [2.75, 3.05) is 24.9 Å². The summed E-state index contributed by atoms with van der Waals surface area (Å²) in [6.07, 6.45) is 0.436. The molecule has 1 atom stereocenters. The molecule has 2 N–H and O–H groups in total. The van der Waals surface area contributed by atoms with E-state index in [0.717, 1.165) is 10.6 Å². The van der Waals surface area contributed by atoms with Crippen LogP contribution in [0.5, 0.6) is 11.5 Å². The molecule has 2 amide bonds. The number of amides is 2. The third-order valence-corrected chi connectivity index (χ3v) is 5.25.